The van der Waals surface area contributed by atoms with E-state index in [9.17, 15) is 4.79 Å². The molecule has 2 atom stereocenters. The van der Waals surface area contributed by atoms with Gasteiger partial charge in [0.25, 0.3) is 0 Å². The summed E-state index contributed by atoms with van der Waals surface area (Å²) < 4.78 is 0. The zero-order chi connectivity index (χ0) is 18.4. The number of amides is 1. The van der Waals surface area contributed by atoms with Gasteiger partial charge in [-0.2, -0.15) is 11.8 Å². The van der Waals surface area contributed by atoms with Gasteiger partial charge in [0, 0.05) is 0 Å². The number of aromatic amines is 1. The van der Waals surface area contributed by atoms with Crippen LogP contribution in [0.25, 0.3) is 11.0 Å². The van der Waals surface area contributed by atoms with Crippen molar-refractivity contribution < 1.29 is 4.79 Å². The first-order chi connectivity index (χ1) is 12.7. The summed E-state index contributed by atoms with van der Waals surface area (Å²) in [4.78, 5) is 21.0. The third kappa shape index (κ3) is 4.28. The number of fused-ring (bicyclic) bond motifs is 1. The Morgan fingerprint density at radius 2 is 1.88 bits per heavy atom. The molecule has 1 heterocycles. The second-order valence-corrected chi connectivity index (χ2v) is 7.34. The fourth-order valence-corrected chi connectivity index (χ4v) is 3.65. The van der Waals surface area contributed by atoms with Crippen LogP contribution in [0.3, 0.4) is 0 Å². The van der Waals surface area contributed by atoms with Crippen LogP contribution in [-0.4, -0.2) is 27.9 Å². The number of H-pyrrole nitrogens is 1. The molecule has 0 saturated carbocycles. The van der Waals surface area contributed by atoms with E-state index in [0.29, 0.717) is 0 Å². The SMILES string of the molecule is CC[C@H](C(=O)N[C@@H](CCSC)c1nc2ccccc2[nH]1)c1ccccc1. The van der Waals surface area contributed by atoms with Crippen LogP contribution in [0.5, 0.6) is 0 Å². The molecular formula is C21H25N3OS. The number of thioether (sulfide) groups is 1. The Morgan fingerprint density at radius 1 is 1.15 bits per heavy atom. The van der Waals surface area contributed by atoms with Crippen LogP contribution in [0.4, 0.5) is 0 Å². The van der Waals surface area contributed by atoms with Gasteiger partial charge >= 0.3 is 0 Å². The zero-order valence-electron chi connectivity index (χ0n) is 15.2. The minimum absolute atomic E-state index is 0.0604. The number of para-hydroxylation sites is 2. The summed E-state index contributed by atoms with van der Waals surface area (Å²) in [5.41, 5.74) is 2.99. The standard InChI is InChI=1S/C21H25N3OS/c1-3-16(15-9-5-4-6-10-15)21(25)24-19(13-14-26-2)20-22-17-11-7-8-12-18(17)23-20/h4-12,16,19H,3,13-14H2,1-2H3,(H,22,23)(H,24,25)/t16-,19-/m0/s1. The van der Waals surface area contributed by atoms with E-state index in [1.165, 1.54) is 0 Å². The summed E-state index contributed by atoms with van der Waals surface area (Å²) in [7, 11) is 0. The minimum atomic E-state index is -0.141. The molecule has 0 unspecified atom stereocenters. The largest absolute Gasteiger partial charge is 0.346 e. The van der Waals surface area contributed by atoms with E-state index in [0.717, 1.165) is 41.0 Å². The van der Waals surface area contributed by atoms with E-state index in [1.54, 1.807) is 11.8 Å². The van der Waals surface area contributed by atoms with E-state index in [1.807, 2.05) is 54.6 Å². The molecule has 2 aromatic carbocycles. The normalized spacial score (nSPS) is 13.5. The Balaban J connectivity index is 1.82. The number of carbonyl (C=O) groups is 1. The summed E-state index contributed by atoms with van der Waals surface area (Å²) in [5, 5.41) is 3.23. The average molecular weight is 368 g/mol. The average Bonchev–Trinajstić information content (AvgIpc) is 3.10. The first-order valence-corrected chi connectivity index (χ1v) is 10.4. The maximum Gasteiger partial charge on any atom is 0.228 e. The summed E-state index contributed by atoms with van der Waals surface area (Å²) >= 11 is 1.78. The number of nitrogens with one attached hydrogen (secondary N) is 2. The predicted molar refractivity (Wildman–Crippen MR) is 109 cm³/mol. The smallest absolute Gasteiger partial charge is 0.228 e. The fraction of sp³-hybridized carbons (Fsp3) is 0.333. The van der Waals surface area contributed by atoms with Gasteiger partial charge in [-0.1, -0.05) is 49.4 Å². The first-order valence-electron chi connectivity index (χ1n) is 9.01. The highest BCUT2D eigenvalue weighted by molar-refractivity contribution is 7.98. The van der Waals surface area contributed by atoms with Crippen molar-refractivity contribution in [2.24, 2.45) is 0 Å². The van der Waals surface area contributed by atoms with Gasteiger partial charge in [0.2, 0.25) is 5.91 Å². The van der Waals surface area contributed by atoms with Crippen molar-refractivity contribution >= 4 is 28.7 Å². The lowest BCUT2D eigenvalue weighted by atomic mass is 9.95. The van der Waals surface area contributed by atoms with Crippen molar-refractivity contribution in [3.8, 4) is 0 Å². The van der Waals surface area contributed by atoms with Crippen molar-refractivity contribution in [2.45, 2.75) is 31.7 Å². The number of benzene rings is 2. The van der Waals surface area contributed by atoms with E-state index in [4.69, 9.17) is 4.98 Å². The summed E-state index contributed by atoms with van der Waals surface area (Å²) in [6.07, 6.45) is 3.69. The van der Waals surface area contributed by atoms with Crippen molar-refractivity contribution in [3.63, 3.8) is 0 Å². The molecule has 3 rings (SSSR count). The molecule has 136 valence electrons. The van der Waals surface area contributed by atoms with Gasteiger partial charge in [-0.3, -0.25) is 4.79 Å². The van der Waals surface area contributed by atoms with Gasteiger partial charge in [-0.25, -0.2) is 4.98 Å². The topological polar surface area (TPSA) is 57.8 Å². The lowest BCUT2D eigenvalue weighted by Gasteiger charge is -2.21. The Kier molecular flexibility index (Phi) is 6.34. The maximum absolute atomic E-state index is 13.0. The van der Waals surface area contributed by atoms with E-state index in [2.05, 4.69) is 23.5 Å². The van der Waals surface area contributed by atoms with Gasteiger partial charge < -0.3 is 10.3 Å². The van der Waals surface area contributed by atoms with Crippen molar-refractivity contribution in [2.75, 3.05) is 12.0 Å². The van der Waals surface area contributed by atoms with Crippen molar-refractivity contribution in [1.29, 1.82) is 0 Å². The molecule has 26 heavy (non-hydrogen) atoms. The number of carbonyl (C=O) groups excluding carboxylic acids is 1. The number of rotatable bonds is 8. The fourth-order valence-electron chi connectivity index (χ4n) is 3.18. The summed E-state index contributed by atoms with van der Waals surface area (Å²) in [5.74, 6) is 1.71. The highest BCUT2D eigenvalue weighted by Gasteiger charge is 2.24. The van der Waals surface area contributed by atoms with E-state index >= 15 is 0 Å². The van der Waals surface area contributed by atoms with Crippen LogP contribution >= 0.6 is 11.8 Å². The number of hydrogen-bond acceptors (Lipinski definition) is 3. The Bertz CT molecular complexity index is 814. The lowest BCUT2D eigenvalue weighted by Crippen LogP contribution is -2.33. The second kappa shape index (κ2) is 8.90. The molecule has 1 aromatic heterocycles. The Morgan fingerprint density at radius 3 is 2.58 bits per heavy atom. The predicted octanol–water partition coefficient (Wildman–Crippen LogP) is 4.67. The zero-order valence-corrected chi connectivity index (χ0v) is 16.1. The van der Waals surface area contributed by atoms with Crippen LogP contribution in [0.2, 0.25) is 0 Å². The molecule has 0 fully saturated rings. The highest BCUT2D eigenvalue weighted by atomic mass is 32.2. The van der Waals surface area contributed by atoms with Crippen LogP contribution < -0.4 is 5.32 Å². The van der Waals surface area contributed by atoms with Crippen molar-refractivity contribution in [1.82, 2.24) is 15.3 Å². The van der Waals surface area contributed by atoms with Gasteiger partial charge in [-0.05, 0) is 42.5 Å². The van der Waals surface area contributed by atoms with E-state index < -0.39 is 0 Å². The molecular weight excluding hydrogens is 342 g/mol. The molecule has 1 amide bonds. The molecule has 3 aromatic rings. The lowest BCUT2D eigenvalue weighted by molar-refractivity contribution is -0.123. The van der Waals surface area contributed by atoms with E-state index in [-0.39, 0.29) is 17.9 Å². The maximum atomic E-state index is 13.0. The van der Waals surface area contributed by atoms with Gasteiger partial charge in [0.15, 0.2) is 0 Å². The molecule has 0 aliphatic heterocycles. The van der Waals surface area contributed by atoms with Gasteiger partial charge in [0.05, 0.1) is 23.0 Å². The third-order valence-electron chi connectivity index (χ3n) is 4.59. The second-order valence-electron chi connectivity index (χ2n) is 6.35. The number of aromatic nitrogens is 2. The third-order valence-corrected chi connectivity index (χ3v) is 5.24. The number of nitrogens with zero attached hydrogens (tertiary/aromatic N) is 1. The summed E-state index contributed by atoms with van der Waals surface area (Å²) in [6, 6.07) is 17.8. The molecule has 2 N–H and O–H groups in total. The molecule has 0 aliphatic rings. The minimum Gasteiger partial charge on any atom is -0.346 e. The monoisotopic (exact) mass is 367 g/mol. The van der Waals surface area contributed by atoms with Crippen LogP contribution in [0.1, 0.15) is 43.1 Å². The molecule has 0 bridgehead atoms. The van der Waals surface area contributed by atoms with Crippen molar-refractivity contribution in [3.05, 3.63) is 66.0 Å². The summed E-state index contributed by atoms with van der Waals surface area (Å²) in [6.45, 7) is 2.05. The van der Waals surface area contributed by atoms with Crippen LogP contribution in [0, 0.1) is 0 Å². The van der Waals surface area contributed by atoms with Crippen LogP contribution in [-0.2, 0) is 4.79 Å². The first kappa shape index (κ1) is 18.5. The molecule has 5 heteroatoms. The van der Waals surface area contributed by atoms with Crippen LogP contribution in [0.15, 0.2) is 54.6 Å². The molecule has 4 nitrogen and oxygen atoms in total. The van der Waals surface area contributed by atoms with Gasteiger partial charge in [-0.15, -0.1) is 0 Å². The number of imidazole rings is 1. The van der Waals surface area contributed by atoms with Gasteiger partial charge in [0.1, 0.15) is 5.82 Å². The number of hydrogen-bond donors (Lipinski definition) is 2. The highest BCUT2D eigenvalue weighted by Crippen LogP contribution is 2.24. The molecule has 0 radical (unpaired) electrons. The Labute approximate surface area is 158 Å². The Hall–Kier alpha value is -2.27. The molecule has 0 spiro atoms. The molecule has 0 aliphatic carbocycles. The quantitative estimate of drug-likeness (QED) is 0.608. The molecule has 0 saturated heterocycles.